The molecule has 38 heavy (non-hydrogen) atoms. The molecule has 3 aromatic rings. The maximum absolute atomic E-state index is 12.4. The SMILES string of the molecule is C=CCN(C)C[C@@H]1O[C@H](c2ccc(NC(=O)NCc3ccccc3)cc2)O[C@H](c2ccc(CO)cc2)[C@@H]1C. The lowest BCUT2D eigenvalue weighted by Crippen LogP contribution is -2.43. The van der Waals surface area contributed by atoms with E-state index in [9.17, 15) is 9.90 Å². The largest absolute Gasteiger partial charge is 0.392 e. The molecule has 0 aliphatic carbocycles. The number of likely N-dealkylation sites (N-methyl/N-ethyl adjacent to an activating group) is 1. The number of carbonyl (C=O) groups excluding carboxylic acids is 1. The maximum Gasteiger partial charge on any atom is 0.319 e. The highest BCUT2D eigenvalue weighted by Crippen LogP contribution is 2.41. The number of ether oxygens (including phenoxy) is 2. The van der Waals surface area contributed by atoms with Gasteiger partial charge in [-0.3, -0.25) is 0 Å². The summed E-state index contributed by atoms with van der Waals surface area (Å²) < 4.78 is 13.0. The maximum atomic E-state index is 12.4. The lowest BCUT2D eigenvalue weighted by Gasteiger charge is -2.42. The van der Waals surface area contributed by atoms with Crippen molar-refractivity contribution in [1.29, 1.82) is 0 Å². The van der Waals surface area contributed by atoms with E-state index in [0.29, 0.717) is 12.2 Å². The number of nitrogens with one attached hydrogen (secondary N) is 2. The molecule has 0 bridgehead atoms. The first-order chi connectivity index (χ1) is 18.5. The van der Waals surface area contributed by atoms with Gasteiger partial charge in [-0.2, -0.15) is 0 Å². The van der Waals surface area contributed by atoms with Gasteiger partial charge < -0.3 is 30.1 Å². The van der Waals surface area contributed by atoms with Crippen molar-refractivity contribution in [2.24, 2.45) is 5.92 Å². The van der Waals surface area contributed by atoms with Crippen LogP contribution >= 0.6 is 0 Å². The summed E-state index contributed by atoms with van der Waals surface area (Å²) in [5, 5.41) is 15.2. The molecule has 1 fully saturated rings. The van der Waals surface area contributed by atoms with Gasteiger partial charge in [0.1, 0.15) is 0 Å². The molecule has 7 heteroatoms. The van der Waals surface area contributed by atoms with Crippen molar-refractivity contribution in [2.45, 2.75) is 38.6 Å². The summed E-state index contributed by atoms with van der Waals surface area (Å²) in [5.74, 6) is 0.104. The quantitative estimate of drug-likeness (QED) is 0.315. The third kappa shape index (κ3) is 7.30. The number of carbonyl (C=O) groups is 1. The van der Waals surface area contributed by atoms with Crippen LogP contribution in [0.25, 0.3) is 0 Å². The second-order valence-corrected chi connectivity index (χ2v) is 9.75. The number of anilines is 1. The minimum absolute atomic E-state index is 0.00668. The van der Waals surface area contributed by atoms with E-state index in [1.807, 2.05) is 84.9 Å². The lowest BCUT2D eigenvalue weighted by atomic mass is 9.90. The van der Waals surface area contributed by atoms with Crippen molar-refractivity contribution in [2.75, 3.05) is 25.5 Å². The van der Waals surface area contributed by atoms with E-state index >= 15 is 0 Å². The minimum Gasteiger partial charge on any atom is -0.392 e. The third-order valence-corrected chi connectivity index (χ3v) is 6.79. The van der Waals surface area contributed by atoms with Gasteiger partial charge in [-0.05, 0) is 35.9 Å². The second kappa shape index (κ2) is 13.3. The molecule has 7 nitrogen and oxygen atoms in total. The Hall–Kier alpha value is -3.49. The summed E-state index contributed by atoms with van der Waals surface area (Å²) in [4.78, 5) is 14.5. The minimum atomic E-state index is -0.559. The molecule has 2 amide bonds. The summed E-state index contributed by atoms with van der Waals surface area (Å²) in [6.45, 7) is 7.96. The molecular formula is C31H37N3O4. The van der Waals surface area contributed by atoms with Gasteiger partial charge in [0.2, 0.25) is 0 Å². The molecule has 3 N–H and O–H groups in total. The summed E-state index contributed by atoms with van der Waals surface area (Å²) in [6.07, 6.45) is 1.08. The zero-order chi connectivity index (χ0) is 26.9. The van der Waals surface area contributed by atoms with Crippen molar-refractivity contribution in [3.63, 3.8) is 0 Å². The standard InChI is InChI=1S/C31H37N3O4/c1-4-18-34(3)20-28-22(2)29(25-12-10-24(21-35)11-13-25)38-30(37-28)26-14-16-27(17-15-26)33-31(36)32-19-23-8-6-5-7-9-23/h4-17,22,28-30,35H,1,18-21H2,2-3H3,(H2,32,33,36)/t22-,28+,29+,30+/m1/s1. The first-order valence-electron chi connectivity index (χ1n) is 13.0. The van der Waals surface area contributed by atoms with Crippen LogP contribution in [0.15, 0.2) is 91.5 Å². The Kier molecular flexibility index (Phi) is 9.67. The average molecular weight is 516 g/mol. The molecule has 0 radical (unpaired) electrons. The van der Waals surface area contributed by atoms with Crippen LogP contribution in [0.2, 0.25) is 0 Å². The van der Waals surface area contributed by atoms with Gasteiger partial charge in [0.05, 0.1) is 18.8 Å². The monoisotopic (exact) mass is 515 g/mol. The Bertz CT molecular complexity index is 1170. The van der Waals surface area contributed by atoms with E-state index in [2.05, 4.69) is 36.1 Å². The molecule has 4 rings (SSSR count). The Morgan fingerprint density at radius 2 is 1.66 bits per heavy atom. The number of hydrogen-bond donors (Lipinski definition) is 3. The molecule has 1 heterocycles. The highest BCUT2D eigenvalue weighted by molar-refractivity contribution is 5.89. The summed E-state index contributed by atoms with van der Waals surface area (Å²) in [5.41, 5.74) is 4.51. The third-order valence-electron chi connectivity index (χ3n) is 6.79. The number of nitrogens with zero attached hydrogens (tertiary/aromatic N) is 1. The van der Waals surface area contributed by atoms with Gasteiger partial charge >= 0.3 is 6.03 Å². The first kappa shape index (κ1) is 27.5. The van der Waals surface area contributed by atoms with Crippen LogP contribution < -0.4 is 10.6 Å². The zero-order valence-electron chi connectivity index (χ0n) is 22.0. The lowest BCUT2D eigenvalue weighted by molar-refractivity contribution is -0.275. The Morgan fingerprint density at radius 3 is 2.32 bits per heavy atom. The predicted molar refractivity (Wildman–Crippen MR) is 149 cm³/mol. The smallest absolute Gasteiger partial charge is 0.319 e. The fourth-order valence-electron chi connectivity index (χ4n) is 4.61. The number of aliphatic hydroxyl groups is 1. The summed E-state index contributed by atoms with van der Waals surface area (Å²) in [7, 11) is 2.05. The molecule has 0 saturated carbocycles. The number of amides is 2. The van der Waals surface area contributed by atoms with E-state index < -0.39 is 6.29 Å². The van der Waals surface area contributed by atoms with Crippen LogP contribution in [0.5, 0.6) is 0 Å². The van der Waals surface area contributed by atoms with Crippen LogP contribution in [-0.4, -0.2) is 42.3 Å². The van der Waals surface area contributed by atoms with Crippen molar-refractivity contribution >= 4 is 11.7 Å². The normalized spacial score (nSPS) is 21.2. The Morgan fingerprint density at radius 1 is 0.974 bits per heavy atom. The van der Waals surface area contributed by atoms with Crippen molar-refractivity contribution < 1.29 is 19.4 Å². The number of rotatable bonds is 10. The van der Waals surface area contributed by atoms with E-state index in [4.69, 9.17) is 9.47 Å². The van der Waals surface area contributed by atoms with Gasteiger partial charge in [-0.25, -0.2) is 4.79 Å². The topological polar surface area (TPSA) is 83.1 Å². The van der Waals surface area contributed by atoms with E-state index in [1.54, 1.807) is 0 Å². The zero-order valence-corrected chi connectivity index (χ0v) is 22.0. The highest BCUT2D eigenvalue weighted by Gasteiger charge is 2.38. The molecular weight excluding hydrogens is 478 g/mol. The van der Waals surface area contributed by atoms with E-state index in [1.165, 1.54) is 0 Å². The number of urea groups is 1. The first-order valence-corrected chi connectivity index (χ1v) is 13.0. The Labute approximate surface area is 225 Å². The molecule has 200 valence electrons. The molecule has 0 unspecified atom stereocenters. The van der Waals surface area contributed by atoms with Crippen LogP contribution in [0.3, 0.4) is 0 Å². The number of aliphatic hydroxyl groups excluding tert-OH is 1. The fraction of sp³-hybridized carbons (Fsp3) is 0.323. The predicted octanol–water partition coefficient (Wildman–Crippen LogP) is 5.41. The molecule has 1 aliphatic rings. The molecule has 1 aliphatic heterocycles. The van der Waals surface area contributed by atoms with Gasteiger partial charge in [-0.1, -0.05) is 79.7 Å². The second-order valence-electron chi connectivity index (χ2n) is 9.75. The van der Waals surface area contributed by atoms with E-state index in [0.717, 1.165) is 35.3 Å². The van der Waals surface area contributed by atoms with Crippen molar-refractivity contribution in [1.82, 2.24) is 10.2 Å². The fourth-order valence-corrected chi connectivity index (χ4v) is 4.61. The van der Waals surface area contributed by atoms with Crippen molar-refractivity contribution in [3.05, 3.63) is 114 Å². The van der Waals surface area contributed by atoms with Crippen LogP contribution in [-0.2, 0) is 22.6 Å². The molecule has 0 aromatic heterocycles. The number of hydrogen-bond acceptors (Lipinski definition) is 5. The molecule has 3 aromatic carbocycles. The van der Waals surface area contributed by atoms with Gasteiger partial charge in [-0.15, -0.1) is 6.58 Å². The van der Waals surface area contributed by atoms with Crippen LogP contribution in [0.1, 0.15) is 41.6 Å². The summed E-state index contributed by atoms with van der Waals surface area (Å²) in [6, 6.07) is 24.9. The van der Waals surface area contributed by atoms with E-state index in [-0.39, 0.29) is 30.8 Å². The van der Waals surface area contributed by atoms with Gasteiger partial charge in [0.25, 0.3) is 0 Å². The highest BCUT2D eigenvalue weighted by atomic mass is 16.7. The average Bonchev–Trinajstić information content (AvgIpc) is 2.94. The Balaban J connectivity index is 1.45. The molecule has 1 saturated heterocycles. The summed E-state index contributed by atoms with van der Waals surface area (Å²) >= 11 is 0. The van der Waals surface area contributed by atoms with Gasteiger partial charge in [0.15, 0.2) is 6.29 Å². The van der Waals surface area contributed by atoms with Crippen LogP contribution in [0, 0.1) is 5.92 Å². The van der Waals surface area contributed by atoms with Crippen LogP contribution in [0.4, 0.5) is 10.5 Å². The van der Waals surface area contributed by atoms with Crippen molar-refractivity contribution in [3.8, 4) is 0 Å². The number of benzene rings is 3. The molecule has 0 spiro atoms. The van der Waals surface area contributed by atoms with Gasteiger partial charge in [0, 0.05) is 36.8 Å². The molecule has 4 atom stereocenters.